The molecule has 0 aliphatic heterocycles. The van der Waals surface area contributed by atoms with Crippen LogP contribution < -0.4 is 0 Å². The zero-order valence-corrected chi connectivity index (χ0v) is 12.5. The second kappa shape index (κ2) is 4.51. The average molecular weight is 370 g/mol. The molecular weight excluding hydrogens is 361 g/mol. The lowest BCUT2D eigenvalue weighted by atomic mass is 10.2. The summed E-state index contributed by atoms with van der Waals surface area (Å²) >= 11 is 8.33. The Hall–Kier alpha value is -1.14. The molecule has 0 radical (unpaired) electrons. The Morgan fingerprint density at radius 3 is 2.78 bits per heavy atom. The van der Waals surface area contributed by atoms with Crippen LogP contribution >= 0.6 is 34.2 Å². The lowest BCUT2D eigenvalue weighted by Crippen LogP contribution is -1.82. The van der Waals surface area contributed by atoms with Gasteiger partial charge in [-0.1, -0.05) is 17.7 Å². The quantitative estimate of drug-likeness (QED) is 0.654. The fraction of sp³-hybridized carbons (Fsp3) is 0.0769. The van der Waals surface area contributed by atoms with E-state index in [2.05, 4.69) is 37.5 Å². The standard InChI is InChI=1S/C13H9ClIN3/c1-7-2-5-11-13(16-7)18-12(17-11)8-3-4-10(15)9(14)6-8/h2-6H,1H3,(H,16,17,18). The van der Waals surface area contributed by atoms with Crippen LogP contribution in [0, 0.1) is 10.5 Å². The Morgan fingerprint density at radius 2 is 2.00 bits per heavy atom. The Labute approximate surface area is 123 Å². The zero-order chi connectivity index (χ0) is 12.7. The Kier molecular flexibility index (Phi) is 2.99. The summed E-state index contributed by atoms with van der Waals surface area (Å²) in [5, 5.41) is 0.734. The van der Waals surface area contributed by atoms with Gasteiger partial charge in [0.15, 0.2) is 5.65 Å². The smallest absolute Gasteiger partial charge is 0.178 e. The number of aryl methyl sites for hydroxylation is 1. The predicted molar refractivity (Wildman–Crippen MR) is 81.8 cm³/mol. The fourth-order valence-electron chi connectivity index (χ4n) is 1.77. The van der Waals surface area contributed by atoms with Crippen LogP contribution in [0.25, 0.3) is 22.6 Å². The van der Waals surface area contributed by atoms with E-state index >= 15 is 0 Å². The van der Waals surface area contributed by atoms with E-state index in [1.165, 1.54) is 0 Å². The van der Waals surface area contributed by atoms with E-state index in [9.17, 15) is 0 Å². The van der Waals surface area contributed by atoms with E-state index in [4.69, 9.17) is 11.6 Å². The summed E-state index contributed by atoms with van der Waals surface area (Å²) < 4.78 is 1.03. The molecule has 0 fully saturated rings. The summed E-state index contributed by atoms with van der Waals surface area (Å²) in [7, 11) is 0. The minimum absolute atomic E-state index is 0.734. The molecule has 90 valence electrons. The molecule has 0 bridgehead atoms. The van der Waals surface area contributed by atoms with Crippen LogP contribution in [0.5, 0.6) is 0 Å². The van der Waals surface area contributed by atoms with E-state index in [-0.39, 0.29) is 0 Å². The normalized spacial score (nSPS) is 11.1. The minimum atomic E-state index is 0.734. The van der Waals surface area contributed by atoms with Gasteiger partial charge in [0.05, 0.1) is 10.5 Å². The molecule has 18 heavy (non-hydrogen) atoms. The van der Waals surface area contributed by atoms with Crippen LogP contribution in [0.4, 0.5) is 0 Å². The molecule has 0 aliphatic carbocycles. The number of hydrogen-bond acceptors (Lipinski definition) is 2. The van der Waals surface area contributed by atoms with Gasteiger partial charge in [-0.15, -0.1) is 0 Å². The Bertz CT molecular complexity index is 736. The number of aromatic nitrogens is 3. The van der Waals surface area contributed by atoms with E-state index < -0.39 is 0 Å². The highest BCUT2D eigenvalue weighted by atomic mass is 127. The van der Waals surface area contributed by atoms with Gasteiger partial charge < -0.3 is 4.98 Å². The molecule has 3 nitrogen and oxygen atoms in total. The van der Waals surface area contributed by atoms with E-state index in [1.54, 1.807) is 0 Å². The molecule has 0 unspecified atom stereocenters. The van der Waals surface area contributed by atoms with Gasteiger partial charge in [-0.25, -0.2) is 9.97 Å². The minimum Gasteiger partial charge on any atom is -0.337 e. The van der Waals surface area contributed by atoms with Crippen molar-refractivity contribution in [1.82, 2.24) is 15.0 Å². The number of H-pyrrole nitrogens is 1. The number of nitrogens with one attached hydrogen (secondary N) is 1. The van der Waals surface area contributed by atoms with Crippen molar-refractivity contribution in [3.05, 3.63) is 44.6 Å². The van der Waals surface area contributed by atoms with Crippen LogP contribution in [0.3, 0.4) is 0 Å². The van der Waals surface area contributed by atoms with Crippen molar-refractivity contribution < 1.29 is 0 Å². The van der Waals surface area contributed by atoms with Crippen molar-refractivity contribution in [1.29, 1.82) is 0 Å². The van der Waals surface area contributed by atoms with Gasteiger partial charge in [0.2, 0.25) is 0 Å². The highest BCUT2D eigenvalue weighted by Gasteiger charge is 2.08. The zero-order valence-electron chi connectivity index (χ0n) is 9.54. The van der Waals surface area contributed by atoms with Gasteiger partial charge in [0, 0.05) is 14.8 Å². The largest absolute Gasteiger partial charge is 0.337 e. The van der Waals surface area contributed by atoms with Crippen molar-refractivity contribution >= 4 is 45.4 Å². The molecule has 0 spiro atoms. The van der Waals surface area contributed by atoms with Crippen molar-refractivity contribution in [2.75, 3.05) is 0 Å². The monoisotopic (exact) mass is 369 g/mol. The first-order valence-corrected chi connectivity index (χ1v) is 6.88. The third-order valence-corrected chi connectivity index (χ3v) is 4.25. The summed E-state index contributed by atoms with van der Waals surface area (Å²) in [6.45, 7) is 1.95. The number of benzene rings is 1. The molecule has 1 aromatic carbocycles. The van der Waals surface area contributed by atoms with Gasteiger partial charge >= 0.3 is 0 Å². The number of nitrogens with zero attached hydrogens (tertiary/aromatic N) is 2. The van der Waals surface area contributed by atoms with Crippen LogP contribution in [0.1, 0.15) is 5.69 Å². The summed E-state index contributed by atoms with van der Waals surface area (Å²) in [5.74, 6) is 0.793. The van der Waals surface area contributed by atoms with E-state index in [0.29, 0.717) is 0 Å². The first-order valence-electron chi connectivity index (χ1n) is 5.42. The summed E-state index contributed by atoms with van der Waals surface area (Å²) in [6, 6.07) is 9.84. The third kappa shape index (κ3) is 2.10. The predicted octanol–water partition coefficient (Wildman–Crippen LogP) is 4.19. The summed E-state index contributed by atoms with van der Waals surface area (Å²) in [5.41, 5.74) is 3.60. The van der Waals surface area contributed by atoms with Crippen molar-refractivity contribution in [2.24, 2.45) is 0 Å². The number of imidazole rings is 1. The number of rotatable bonds is 1. The summed E-state index contributed by atoms with van der Waals surface area (Å²) in [6.07, 6.45) is 0. The topological polar surface area (TPSA) is 41.6 Å². The maximum absolute atomic E-state index is 6.12. The van der Waals surface area contributed by atoms with Gasteiger partial charge in [0.25, 0.3) is 0 Å². The molecule has 0 atom stereocenters. The highest BCUT2D eigenvalue weighted by molar-refractivity contribution is 14.1. The SMILES string of the molecule is Cc1ccc2[nH]c(-c3ccc(I)c(Cl)c3)nc2n1. The van der Waals surface area contributed by atoms with Crippen molar-refractivity contribution in [3.63, 3.8) is 0 Å². The molecular formula is C13H9ClIN3. The summed E-state index contributed by atoms with van der Waals surface area (Å²) in [4.78, 5) is 12.1. The molecule has 5 heteroatoms. The van der Waals surface area contributed by atoms with Gasteiger partial charge in [-0.3, -0.25) is 0 Å². The lowest BCUT2D eigenvalue weighted by Gasteiger charge is -1.99. The number of aromatic amines is 1. The number of pyridine rings is 1. The first kappa shape index (κ1) is 11.9. The fourth-order valence-corrected chi connectivity index (χ4v) is 2.28. The molecule has 3 aromatic rings. The Balaban J connectivity index is 2.16. The Morgan fingerprint density at radius 1 is 1.17 bits per heavy atom. The number of fused-ring (bicyclic) bond motifs is 1. The van der Waals surface area contributed by atoms with Gasteiger partial charge in [-0.05, 0) is 53.8 Å². The molecule has 0 aliphatic rings. The van der Waals surface area contributed by atoms with Crippen LogP contribution in [-0.2, 0) is 0 Å². The molecule has 0 amide bonds. The van der Waals surface area contributed by atoms with Crippen molar-refractivity contribution in [3.8, 4) is 11.4 Å². The van der Waals surface area contributed by atoms with E-state index in [1.807, 2.05) is 37.3 Å². The van der Waals surface area contributed by atoms with Gasteiger partial charge in [-0.2, -0.15) is 0 Å². The second-order valence-electron chi connectivity index (χ2n) is 4.04. The highest BCUT2D eigenvalue weighted by Crippen LogP contribution is 2.26. The first-order chi connectivity index (χ1) is 8.63. The second-order valence-corrected chi connectivity index (χ2v) is 5.61. The molecule has 0 saturated heterocycles. The van der Waals surface area contributed by atoms with Crippen LogP contribution in [0.2, 0.25) is 5.02 Å². The molecule has 0 saturated carbocycles. The maximum atomic E-state index is 6.12. The molecule has 2 heterocycles. The van der Waals surface area contributed by atoms with Crippen molar-refractivity contribution in [2.45, 2.75) is 6.92 Å². The van der Waals surface area contributed by atoms with Crippen LogP contribution in [0.15, 0.2) is 30.3 Å². The molecule has 3 rings (SSSR count). The lowest BCUT2D eigenvalue weighted by molar-refractivity contribution is 1.22. The van der Waals surface area contributed by atoms with Gasteiger partial charge in [0.1, 0.15) is 5.82 Å². The van der Waals surface area contributed by atoms with Crippen LogP contribution in [-0.4, -0.2) is 15.0 Å². The maximum Gasteiger partial charge on any atom is 0.178 e. The molecule has 2 aromatic heterocycles. The number of halogens is 2. The van der Waals surface area contributed by atoms with E-state index in [0.717, 1.165) is 36.8 Å². The number of hydrogen-bond donors (Lipinski definition) is 1. The average Bonchev–Trinajstić information content (AvgIpc) is 2.75. The third-order valence-electron chi connectivity index (χ3n) is 2.68. The molecule has 1 N–H and O–H groups in total.